The van der Waals surface area contributed by atoms with E-state index < -0.39 is 0 Å². The first kappa shape index (κ1) is 50.8. The molecule has 0 aliphatic rings. The molecule has 0 aliphatic carbocycles. The van der Waals surface area contributed by atoms with Crippen molar-refractivity contribution in [3.8, 4) is 73.7 Å². The number of rotatable bonds is 13. The summed E-state index contributed by atoms with van der Waals surface area (Å²) in [5.41, 5.74) is 14.7. The third kappa shape index (κ3) is 10.4. The third-order valence-electron chi connectivity index (χ3n) is 12.6. The maximum absolute atomic E-state index is 6.47. The molecule has 0 saturated heterocycles. The van der Waals surface area contributed by atoms with Crippen molar-refractivity contribution < 1.29 is 51.6 Å². The van der Waals surface area contributed by atoms with Crippen molar-refractivity contribution in [3.63, 3.8) is 0 Å². The van der Waals surface area contributed by atoms with E-state index in [1.165, 1.54) is 46.0 Å². The van der Waals surface area contributed by atoms with Gasteiger partial charge in [-0.15, -0.1) is 71.8 Å². The van der Waals surface area contributed by atoms with E-state index in [0.717, 1.165) is 44.4 Å². The van der Waals surface area contributed by atoms with Crippen LogP contribution in [0.3, 0.4) is 0 Å². The Morgan fingerprint density at radius 1 is 0.408 bits per heavy atom. The minimum Gasteiger partial charge on any atom is -0.503 e. The molecule has 0 fully saturated rings. The molecule has 358 valence electrons. The Bertz CT molecular complexity index is 3200. The molecule has 0 aliphatic heterocycles. The van der Waals surface area contributed by atoms with Crippen molar-refractivity contribution >= 4 is 21.8 Å². The second kappa shape index (κ2) is 21.8. The van der Waals surface area contributed by atoms with E-state index in [2.05, 4.69) is 155 Å². The first-order valence-corrected chi connectivity index (χ1v) is 23.7. The Labute approximate surface area is 445 Å². The molecule has 4 aromatic heterocycles. The van der Waals surface area contributed by atoms with Crippen molar-refractivity contribution in [1.82, 2.24) is 29.5 Å². The van der Waals surface area contributed by atoms with Crippen molar-refractivity contribution in [3.05, 3.63) is 193 Å². The molecule has 10 aromatic rings. The Morgan fingerprint density at radius 2 is 0.789 bits per heavy atom. The molecule has 10 rings (SSSR count). The van der Waals surface area contributed by atoms with Crippen LogP contribution in [0.2, 0.25) is 0 Å². The predicted octanol–water partition coefficient (Wildman–Crippen LogP) is 15.7. The van der Waals surface area contributed by atoms with Crippen LogP contribution in [0.4, 0.5) is 0 Å². The summed E-state index contributed by atoms with van der Waals surface area (Å²) in [6.07, 6.45) is 6.89. The predicted molar refractivity (Wildman–Crippen MR) is 276 cm³/mol. The summed E-state index contributed by atoms with van der Waals surface area (Å²) in [5.74, 6) is 4.03. The van der Waals surface area contributed by atoms with E-state index in [0.29, 0.717) is 63.7 Å². The number of hydrogen-bond donors (Lipinski definition) is 0. The molecule has 71 heavy (non-hydrogen) atoms. The molecule has 0 bridgehead atoms. The summed E-state index contributed by atoms with van der Waals surface area (Å²) < 4.78 is 14.8. The summed E-state index contributed by atoms with van der Waals surface area (Å²) >= 11 is 0. The molecule has 0 amide bonds. The standard InChI is InChI=1S/C61H52N6O2.2Pt/c1-37(2)49-17-11-18-50(38(3)4)59(49)43-21-27-55(63-33-43)41-13-9-15-45(29-41)68-47-23-25-53-54-26-24-48(32-58(54)67(57(53)31-47)61-65-35-62-36-66-61)69-46-16-10-14-42(30-46)56-28-22-44(34-64-56)60-51(39(5)6)19-12-20-52(60)40(7)8;;/h9-28,33-40H,1-8H3;;/q-4;2*+2. The molecule has 8 nitrogen and oxygen atoms in total. The summed E-state index contributed by atoms with van der Waals surface area (Å²) in [7, 11) is 0. The zero-order valence-corrected chi connectivity index (χ0v) is 45.3. The number of nitrogens with zero attached hydrogens (tertiary/aromatic N) is 6. The molecular formula is C61H52N6O2Pt2. The van der Waals surface area contributed by atoms with E-state index >= 15 is 0 Å². The fourth-order valence-corrected chi connectivity index (χ4v) is 9.22. The van der Waals surface area contributed by atoms with Crippen LogP contribution in [0, 0.1) is 24.3 Å². The summed E-state index contributed by atoms with van der Waals surface area (Å²) in [4.78, 5) is 23.0. The molecule has 0 saturated carbocycles. The quantitative estimate of drug-likeness (QED) is 0.106. The van der Waals surface area contributed by atoms with Gasteiger partial charge in [0, 0.05) is 35.4 Å². The van der Waals surface area contributed by atoms with Crippen molar-refractivity contribution in [2.45, 2.75) is 79.1 Å². The van der Waals surface area contributed by atoms with Gasteiger partial charge in [-0.1, -0.05) is 139 Å². The molecule has 6 aromatic carbocycles. The van der Waals surface area contributed by atoms with Crippen molar-refractivity contribution in [2.75, 3.05) is 0 Å². The van der Waals surface area contributed by atoms with Crippen LogP contribution >= 0.6 is 0 Å². The van der Waals surface area contributed by atoms with Crippen LogP contribution in [0.25, 0.3) is 72.5 Å². The van der Waals surface area contributed by atoms with Gasteiger partial charge in [-0.05, 0) is 79.6 Å². The molecule has 10 heteroatoms. The zero-order chi connectivity index (χ0) is 47.8. The van der Waals surface area contributed by atoms with Gasteiger partial charge in [0.05, 0.1) is 0 Å². The average Bonchev–Trinajstić information content (AvgIpc) is 3.69. The molecule has 0 spiro atoms. The zero-order valence-electron chi connectivity index (χ0n) is 40.8. The van der Waals surface area contributed by atoms with Gasteiger partial charge in [-0.25, -0.2) is 15.0 Å². The van der Waals surface area contributed by atoms with Gasteiger partial charge in [-0.2, -0.15) is 22.9 Å². The Hall–Kier alpha value is -6.59. The number of pyridine rings is 2. The van der Waals surface area contributed by atoms with E-state index in [-0.39, 0.29) is 42.1 Å². The minimum absolute atomic E-state index is 0. The molecule has 0 radical (unpaired) electrons. The molecule has 0 N–H and O–H groups in total. The first-order valence-electron chi connectivity index (χ1n) is 23.7. The average molecular weight is 1290 g/mol. The summed E-state index contributed by atoms with van der Waals surface area (Å²) in [5, 5.41) is 1.84. The number of aromatic nitrogens is 6. The van der Waals surface area contributed by atoms with E-state index in [1.807, 2.05) is 77.6 Å². The van der Waals surface area contributed by atoms with Gasteiger partial charge >= 0.3 is 42.1 Å². The van der Waals surface area contributed by atoms with Crippen LogP contribution in [-0.2, 0) is 42.1 Å². The normalized spacial score (nSPS) is 11.4. The molecular weight excluding hydrogens is 1240 g/mol. The van der Waals surface area contributed by atoms with Crippen LogP contribution in [0.1, 0.15) is 101 Å². The summed E-state index contributed by atoms with van der Waals surface area (Å²) in [6.45, 7) is 17.9. The van der Waals surface area contributed by atoms with Crippen LogP contribution in [0.15, 0.2) is 146 Å². The molecule has 0 unspecified atom stereocenters. The maximum Gasteiger partial charge on any atom is 2.00 e. The van der Waals surface area contributed by atoms with E-state index in [9.17, 15) is 0 Å². The van der Waals surface area contributed by atoms with E-state index in [4.69, 9.17) is 19.4 Å². The fraction of sp³-hybridized carbons (Fsp3) is 0.197. The van der Waals surface area contributed by atoms with E-state index in [1.54, 1.807) is 0 Å². The van der Waals surface area contributed by atoms with Gasteiger partial charge < -0.3 is 24.0 Å². The SMILES string of the molecule is CC(C)c1cccc(C(C)C)c1-c1ccc(-c2[c-]c(Oc3[c-]c4c(cc3)c3ccc(Oc5[c-]c(-c6ccc(-c7c(C(C)C)cccc7C(C)C)cn6)ccc5)[c-]c3n4-c3ncncn3)ccc2)nc1.[Pt+2].[Pt+2]. The number of fused-ring (bicyclic) bond motifs is 3. The maximum atomic E-state index is 6.47. The fourth-order valence-electron chi connectivity index (χ4n) is 9.22. The van der Waals surface area contributed by atoms with Crippen molar-refractivity contribution in [2.24, 2.45) is 0 Å². The Kier molecular flexibility index (Phi) is 15.6. The summed E-state index contributed by atoms with van der Waals surface area (Å²) in [6, 6.07) is 55.1. The van der Waals surface area contributed by atoms with Crippen LogP contribution < -0.4 is 9.47 Å². The van der Waals surface area contributed by atoms with Crippen molar-refractivity contribution in [1.29, 1.82) is 0 Å². The second-order valence-corrected chi connectivity index (χ2v) is 18.6. The number of hydrogen-bond acceptors (Lipinski definition) is 7. The van der Waals surface area contributed by atoms with Crippen LogP contribution in [0.5, 0.6) is 23.0 Å². The number of ether oxygens (including phenoxy) is 2. The van der Waals surface area contributed by atoms with Gasteiger partial charge in [-0.3, -0.25) is 0 Å². The van der Waals surface area contributed by atoms with Gasteiger partial charge in [0.15, 0.2) is 0 Å². The molecule has 4 heterocycles. The van der Waals surface area contributed by atoms with Gasteiger partial charge in [0.1, 0.15) is 12.7 Å². The minimum atomic E-state index is 0. The van der Waals surface area contributed by atoms with Crippen LogP contribution in [-0.4, -0.2) is 29.5 Å². The van der Waals surface area contributed by atoms with Gasteiger partial charge in [0.25, 0.3) is 0 Å². The smallest absolute Gasteiger partial charge is 0.503 e. The third-order valence-corrected chi connectivity index (χ3v) is 12.6. The number of benzene rings is 6. The largest absolute Gasteiger partial charge is 2.00 e. The van der Waals surface area contributed by atoms with Gasteiger partial charge in [0.2, 0.25) is 5.95 Å². The topological polar surface area (TPSA) is 87.8 Å². The Morgan fingerprint density at radius 3 is 1.15 bits per heavy atom. The monoisotopic (exact) mass is 1290 g/mol. The first-order chi connectivity index (χ1) is 33.5. The Balaban J connectivity index is 0.00000338. The molecule has 0 atom stereocenters. The second-order valence-electron chi connectivity index (χ2n) is 18.6.